The molecule has 13 aromatic carbocycles. The standard InChI is InChI=1S/C77H50N2/c1-3-16-51(17-4-1)53-36-40-61(41-37-53)79-75-29-14-10-25-69(75)70-49-60(39-45-76(70)79)55-32-30-54(31-33-55)56-20-15-21-62(47-56)78(63-42-38-58-46-57(34-35-59(58)48-63)52-18-5-2-6-19-52)64-43-44-68-67-24-9-13-28-73(67)77(74(68)50-64)71-26-11-7-22-65(71)66-23-8-12-27-72(66)77/h1-50H. The van der Waals surface area contributed by atoms with Crippen molar-refractivity contribution in [1.82, 2.24) is 4.57 Å². The first-order valence-electron chi connectivity index (χ1n) is 27.4. The van der Waals surface area contributed by atoms with E-state index >= 15 is 0 Å². The Morgan fingerprint density at radius 2 is 0.671 bits per heavy atom. The van der Waals surface area contributed by atoms with E-state index in [-0.39, 0.29) is 0 Å². The van der Waals surface area contributed by atoms with Crippen LogP contribution in [0.4, 0.5) is 17.1 Å². The van der Waals surface area contributed by atoms with E-state index in [1.54, 1.807) is 0 Å². The fourth-order valence-electron chi connectivity index (χ4n) is 13.4. The van der Waals surface area contributed by atoms with Gasteiger partial charge in [0.15, 0.2) is 0 Å². The number of para-hydroxylation sites is 1. The number of hydrogen-bond donors (Lipinski definition) is 0. The molecule has 2 aliphatic rings. The van der Waals surface area contributed by atoms with Crippen molar-refractivity contribution >= 4 is 49.6 Å². The molecule has 2 nitrogen and oxygen atoms in total. The molecular formula is C77H50N2. The summed E-state index contributed by atoms with van der Waals surface area (Å²) >= 11 is 0. The van der Waals surface area contributed by atoms with Gasteiger partial charge in [-0.25, -0.2) is 0 Å². The zero-order valence-electron chi connectivity index (χ0n) is 43.3. The maximum atomic E-state index is 2.49. The predicted octanol–water partition coefficient (Wildman–Crippen LogP) is 20.4. The summed E-state index contributed by atoms with van der Waals surface area (Å²) in [6, 6.07) is 112. The van der Waals surface area contributed by atoms with E-state index in [1.165, 1.54) is 110 Å². The largest absolute Gasteiger partial charge is 0.310 e. The molecule has 1 heterocycles. The van der Waals surface area contributed by atoms with Crippen molar-refractivity contribution in [2.75, 3.05) is 4.90 Å². The van der Waals surface area contributed by atoms with Crippen molar-refractivity contribution in [2.45, 2.75) is 5.41 Å². The van der Waals surface area contributed by atoms with Crippen LogP contribution in [0.5, 0.6) is 0 Å². The summed E-state index contributed by atoms with van der Waals surface area (Å²) in [5.74, 6) is 0. The first-order valence-corrected chi connectivity index (χ1v) is 27.4. The molecule has 0 fully saturated rings. The number of nitrogens with zero attached hydrogens (tertiary/aromatic N) is 2. The van der Waals surface area contributed by atoms with Gasteiger partial charge < -0.3 is 9.47 Å². The maximum Gasteiger partial charge on any atom is 0.0726 e. The maximum absolute atomic E-state index is 2.49. The van der Waals surface area contributed by atoms with Gasteiger partial charge in [0.05, 0.1) is 16.4 Å². The van der Waals surface area contributed by atoms with E-state index in [0.717, 1.165) is 33.9 Å². The fraction of sp³-hybridized carbons (Fsp3) is 0.0130. The Morgan fingerprint density at radius 1 is 0.241 bits per heavy atom. The molecule has 16 rings (SSSR count). The molecule has 0 aliphatic heterocycles. The topological polar surface area (TPSA) is 8.17 Å². The van der Waals surface area contributed by atoms with Crippen LogP contribution < -0.4 is 4.90 Å². The lowest BCUT2D eigenvalue weighted by Crippen LogP contribution is -2.26. The minimum Gasteiger partial charge on any atom is -0.310 e. The van der Waals surface area contributed by atoms with Crippen LogP contribution in [0.1, 0.15) is 22.3 Å². The van der Waals surface area contributed by atoms with Crippen LogP contribution in [0.15, 0.2) is 303 Å². The molecule has 0 N–H and O–H groups in total. The van der Waals surface area contributed by atoms with Crippen molar-refractivity contribution in [2.24, 2.45) is 0 Å². The molecule has 0 saturated heterocycles. The SMILES string of the molecule is c1ccc(-c2ccc(-n3c4ccccc4c4cc(-c5ccc(-c6cccc(N(c7ccc8c(c7)C7(c9ccccc9-c9ccccc97)c7ccccc7-8)c7ccc8cc(-c9ccccc9)ccc8c7)c6)cc5)ccc43)cc2)cc1. The Labute approximate surface area is 460 Å². The number of anilines is 3. The molecule has 0 bridgehead atoms. The lowest BCUT2D eigenvalue weighted by molar-refractivity contribution is 0.793. The highest BCUT2D eigenvalue weighted by molar-refractivity contribution is 6.10. The molecule has 0 unspecified atom stereocenters. The van der Waals surface area contributed by atoms with Gasteiger partial charge in [-0.15, -0.1) is 0 Å². The van der Waals surface area contributed by atoms with E-state index in [2.05, 4.69) is 313 Å². The van der Waals surface area contributed by atoms with Crippen molar-refractivity contribution in [1.29, 1.82) is 0 Å². The van der Waals surface area contributed by atoms with Gasteiger partial charge >= 0.3 is 0 Å². The Balaban J connectivity index is 0.798. The lowest BCUT2D eigenvalue weighted by Gasteiger charge is -2.32. The monoisotopic (exact) mass is 1000 g/mol. The highest BCUT2D eigenvalue weighted by Crippen LogP contribution is 2.63. The van der Waals surface area contributed by atoms with Gasteiger partial charge in [-0.05, 0) is 173 Å². The minimum absolute atomic E-state index is 0.460. The molecule has 79 heavy (non-hydrogen) atoms. The van der Waals surface area contributed by atoms with E-state index in [4.69, 9.17) is 0 Å². The van der Waals surface area contributed by atoms with Crippen molar-refractivity contribution in [3.8, 4) is 72.4 Å². The summed E-state index contributed by atoms with van der Waals surface area (Å²) in [6.07, 6.45) is 0. The lowest BCUT2D eigenvalue weighted by atomic mass is 9.70. The predicted molar refractivity (Wildman–Crippen MR) is 331 cm³/mol. The highest BCUT2D eigenvalue weighted by Gasteiger charge is 2.51. The highest BCUT2D eigenvalue weighted by atomic mass is 15.1. The molecular weight excluding hydrogens is 953 g/mol. The van der Waals surface area contributed by atoms with Gasteiger partial charge in [-0.2, -0.15) is 0 Å². The van der Waals surface area contributed by atoms with Gasteiger partial charge in [0.2, 0.25) is 0 Å². The summed E-state index contributed by atoms with van der Waals surface area (Å²) in [6.45, 7) is 0. The van der Waals surface area contributed by atoms with E-state index in [9.17, 15) is 0 Å². The average Bonchev–Trinajstić information content (AvgIpc) is 4.32. The summed E-state index contributed by atoms with van der Waals surface area (Å²) in [5.41, 5.74) is 26.5. The summed E-state index contributed by atoms with van der Waals surface area (Å²) in [5, 5.41) is 4.89. The zero-order chi connectivity index (χ0) is 52.0. The molecule has 0 atom stereocenters. The normalized spacial score (nSPS) is 12.7. The molecule has 0 amide bonds. The summed E-state index contributed by atoms with van der Waals surface area (Å²) in [4.78, 5) is 2.47. The van der Waals surface area contributed by atoms with Crippen LogP contribution in [-0.2, 0) is 5.41 Å². The summed E-state index contributed by atoms with van der Waals surface area (Å²) in [7, 11) is 0. The quantitative estimate of drug-likeness (QED) is 0.147. The first-order chi connectivity index (χ1) is 39.2. The number of aromatic nitrogens is 1. The van der Waals surface area contributed by atoms with Gasteiger partial charge in [-0.3, -0.25) is 0 Å². The number of rotatable bonds is 8. The van der Waals surface area contributed by atoms with Gasteiger partial charge in [-0.1, -0.05) is 231 Å². The average molecular weight is 1000 g/mol. The molecule has 0 radical (unpaired) electrons. The molecule has 368 valence electrons. The van der Waals surface area contributed by atoms with Crippen molar-refractivity contribution in [3.63, 3.8) is 0 Å². The second-order valence-electron chi connectivity index (χ2n) is 21.2. The van der Waals surface area contributed by atoms with Gasteiger partial charge in [0.1, 0.15) is 0 Å². The van der Waals surface area contributed by atoms with E-state index < -0.39 is 5.41 Å². The van der Waals surface area contributed by atoms with Crippen molar-refractivity contribution < 1.29 is 0 Å². The number of benzene rings is 13. The molecule has 14 aromatic rings. The van der Waals surface area contributed by atoms with Gasteiger partial charge in [0.25, 0.3) is 0 Å². The third-order valence-electron chi connectivity index (χ3n) is 17.0. The first kappa shape index (κ1) is 45.0. The fourth-order valence-corrected chi connectivity index (χ4v) is 13.4. The zero-order valence-corrected chi connectivity index (χ0v) is 43.3. The number of hydrogen-bond acceptors (Lipinski definition) is 1. The van der Waals surface area contributed by atoms with Crippen LogP contribution in [-0.4, -0.2) is 4.57 Å². The minimum atomic E-state index is -0.460. The Kier molecular flexibility index (Phi) is 10.2. The van der Waals surface area contributed by atoms with Crippen LogP contribution in [0.25, 0.3) is 105 Å². The molecule has 1 aromatic heterocycles. The Hall–Kier alpha value is -10.3. The third-order valence-corrected chi connectivity index (χ3v) is 17.0. The van der Waals surface area contributed by atoms with E-state index in [0.29, 0.717) is 0 Å². The van der Waals surface area contributed by atoms with E-state index in [1.807, 2.05) is 0 Å². The van der Waals surface area contributed by atoms with Crippen LogP contribution in [0, 0.1) is 0 Å². The summed E-state index contributed by atoms with van der Waals surface area (Å²) < 4.78 is 2.40. The van der Waals surface area contributed by atoms with Crippen LogP contribution in [0.3, 0.4) is 0 Å². The molecule has 2 aliphatic carbocycles. The Morgan fingerprint density at radius 3 is 1.35 bits per heavy atom. The third kappa shape index (κ3) is 7.05. The van der Waals surface area contributed by atoms with Crippen molar-refractivity contribution in [3.05, 3.63) is 326 Å². The molecule has 1 spiro atoms. The van der Waals surface area contributed by atoms with Crippen LogP contribution >= 0.6 is 0 Å². The molecule has 0 saturated carbocycles. The van der Waals surface area contributed by atoms with Gasteiger partial charge in [0, 0.05) is 33.5 Å². The van der Waals surface area contributed by atoms with Crippen LogP contribution in [0.2, 0.25) is 0 Å². The Bertz CT molecular complexity index is 4640. The molecule has 2 heteroatoms. The smallest absolute Gasteiger partial charge is 0.0726 e. The second-order valence-corrected chi connectivity index (χ2v) is 21.2. The number of fused-ring (bicyclic) bond motifs is 14. The second kappa shape index (κ2) is 17.9.